The van der Waals surface area contributed by atoms with Gasteiger partial charge in [0.1, 0.15) is 11.5 Å². The standard InChI is InChI=1S/C25H23ClN2O3/c26-20-11-9-19(10-12-20)25(30)28-15-13-18(14-16-28)24(29)27-21-5-4-8-23(17-21)31-22-6-2-1-3-7-22/h1-12,17-18H,13-16H2,(H,27,29). The Morgan fingerprint density at radius 3 is 2.26 bits per heavy atom. The van der Waals surface area contributed by atoms with E-state index in [0.717, 1.165) is 5.75 Å². The fraction of sp³-hybridized carbons (Fsp3) is 0.200. The van der Waals surface area contributed by atoms with E-state index in [1.165, 1.54) is 0 Å². The van der Waals surface area contributed by atoms with E-state index >= 15 is 0 Å². The number of anilines is 1. The van der Waals surface area contributed by atoms with Gasteiger partial charge >= 0.3 is 0 Å². The van der Waals surface area contributed by atoms with E-state index in [9.17, 15) is 9.59 Å². The second kappa shape index (κ2) is 9.67. The van der Waals surface area contributed by atoms with E-state index in [0.29, 0.717) is 48.0 Å². The minimum Gasteiger partial charge on any atom is -0.457 e. The lowest BCUT2D eigenvalue weighted by Crippen LogP contribution is -2.41. The SMILES string of the molecule is O=C(Nc1cccc(Oc2ccccc2)c1)C1CCN(C(=O)c2ccc(Cl)cc2)CC1. The second-order valence-corrected chi connectivity index (χ2v) is 7.94. The first-order valence-electron chi connectivity index (χ1n) is 10.3. The molecule has 1 fully saturated rings. The Morgan fingerprint density at radius 1 is 0.871 bits per heavy atom. The van der Waals surface area contributed by atoms with Crippen LogP contribution in [0, 0.1) is 5.92 Å². The molecule has 3 aromatic rings. The molecule has 1 aliphatic rings. The van der Waals surface area contributed by atoms with E-state index in [1.807, 2.05) is 54.6 Å². The fourth-order valence-corrected chi connectivity index (χ4v) is 3.75. The van der Waals surface area contributed by atoms with Crippen LogP contribution in [0.15, 0.2) is 78.9 Å². The molecular formula is C25H23ClN2O3. The molecule has 5 nitrogen and oxygen atoms in total. The van der Waals surface area contributed by atoms with Crippen molar-refractivity contribution in [3.63, 3.8) is 0 Å². The van der Waals surface area contributed by atoms with Crippen molar-refractivity contribution < 1.29 is 14.3 Å². The molecule has 4 rings (SSSR count). The summed E-state index contributed by atoms with van der Waals surface area (Å²) < 4.78 is 5.83. The van der Waals surface area contributed by atoms with Crippen molar-refractivity contribution in [1.29, 1.82) is 0 Å². The number of para-hydroxylation sites is 1. The molecule has 2 amide bonds. The molecule has 0 spiro atoms. The van der Waals surface area contributed by atoms with Gasteiger partial charge in [0.05, 0.1) is 0 Å². The van der Waals surface area contributed by atoms with Gasteiger partial charge < -0.3 is 15.0 Å². The number of rotatable bonds is 5. The van der Waals surface area contributed by atoms with Gasteiger partial charge in [-0.05, 0) is 61.4 Å². The topological polar surface area (TPSA) is 58.6 Å². The Balaban J connectivity index is 1.31. The maximum atomic E-state index is 12.8. The van der Waals surface area contributed by atoms with Crippen molar-refractivity contribution in [2.45, 2.75) is 12.8 Å². The zero-order valence-electron chi connectivity index (χ0n) is 17.0. The summed E-state index contributed by atoms with van der Waals surface area (Å²) in [4.78, 5) is 27.2. The molecule has 0 atom stereocenters. The molecule has 0 aliphatic carbocycles. The third-order valence-corrected chi connectivity index (χ3v) is 5.58. The smallest absolute Gasteiger partial charge is 0.253 e. The number of hydrogen-bond acceptors (Lipinski definition) is 3. The van der Waals surface area contributed by atoms with Crippen molar-refractivity contribution in [2.24, 2.45) is 5.92 Å². The number of carbonyl (C=O) groups excluding carboxylic acids is 2. The molecule has 1 N–H and O–H groups in total. The maximum absolute atomic E-state index is 12.8. The van der Waals surface area contributed by atoms with Gasteiger partial charge in [-0.1, -0.05) is 35.9 Å². The molecule has 0 unspecified atom stereocenters. The van der Waals surface area contributed by atoms with Crippen molar-refractivity contribution >= 4 is 29.1 Å². The first-order chi connectivity index (χ1) is 15.1. The molecule has 3 aromatic carbocycles. The number of carbonyl (C=O) groups is 2. The Labute approximate surface area is 186 Å². The minimum atomic E-state index is -0.132. The lowest BCUT2D eigenvalue weighted by Gasteiger charge is -2.31. The predicted molar refractivity (Wildman–Crippen MR) is 122 cm³/mol. The van der Waals surface area contributed by atoms with Crippen molar-refractivity contribution in [3.05, 3.63) is 89.4 Å². The quantitative estimate of drug-likeness (QED) is 0.566. The predicted octanol–water partition coefficient (Wildman–Crippen LogP) is 5.62. The van der Waals surface area contributed by atoms with Gasteiger partial charge in [-0.3, -0.25) is 9.59 Å². The Morgan fingerprint density at radius 2 is 1.55 bits per heavy atom. The first-order valence-corrected chi connectivity index (χ1v) is 10.6. The molecule has 1 saturated heterocycles. The molecule has 158 valence electrons. The van der Waals surface area contributed by atoms with Crippen LogP contribution in [0.2, 0.25) is 5.02 Å². The number of piperidine rings is 1. The van der Waals surface area contributed by atoms with Crippen LogP contribution in [-0.4, -0.2) is 29.8 Å². The van der Waals surface area contributed by atoms with Gasteiger partial charge in [-0.25, -0.2) is 0 Å². The molecule has 0 saturated carbocycles. The summed E-state index contributed by atoms with van der Waals surface area (Å²) in [5.74, 6) is 1.21. The zero-order valence-corrected chi connectivity index (χ0v) is 17.7. The highest BCUT2D eigenvalue weighted by atomic mass is 35.5. The van der Waals surface area contributed by atoms with Gasteiger partial charge in [0.25, 0.3) is 5.91 Å². The molecule has 31 heavy (non-hydrogen) atoms. The highest BCUT2D eigenvalue weighted by Gasteiger charge is 2.28. The highest BCUT2D eigenvalue weighted by Crippen LogP contribution is 2.26. The Kier molecular flexibility index (Phi) is 6.53. The van der Waals surface area contributed by atoms with E-state index in [2.05, 4.69) is 5.32 Å². The second-order valence-electron chi connectivity index (χ2n) is 7.51. The number of ether oxygens (including phenoxy) is 1. The molecule has 1 aliphatic heterocycles. The van der Waals surface area contributed by atoms with Crippen LogP contribution in [0.1, 0.15) is 23.2 Å². The monoisotopic (exact) mass is 434 g/mol. The summed E-state index contributed by atoms with van der Waals surface area (Å²) in [6, 6.07) is 23.7. The summed E-state index contributed by atoms with van der Waals surface area (Å²) in [5.41, 5.74) is 1.31. The van der Waals surface area contributed by atoms with Gasteiger partial charge in [-0.15, -0.1) is 0 Å². The molecular weight excluding hydrogens is 412 g/mol. The number of hydrogen-bond donors (Lipinski definition) is 1. The van der Waals surface area contributed by atoms with Crippen molar-refractivity contribution in [1.82, 2.24) is 4.90 Å². The normalized spacial score (nSPS) is 14.2. The number of nitrogens with one attached hydrogen (secondary N) is 1. The summed E-state index contributed by atoms with van der Waals surface area (Å²) in [5, 5.41) is 3.58. The minimum absolute atomic E-state index is 0.0266. The van der Waals surface area contributed by atoms with Crippen molar-refractivity contribution in [2.75, 3.05) is 18.4 Å². The molecule has 0 radical (unpaired) electrons. The summed E-state index contributed by atoms with van der Waals surface area (Å²) in [6.07, 6.45) is 1.26. The van der Waals surface area contributed by atoms with E-state index in [-0.39, 0.29) is 17.7 Å². The average molecular weight is 435 g/mol. The van der Waals surface area contributed by atoms with Gasteiger partial charge in [0.15, 0.2) is 0 Å². The van der Waals surface area contributed by atoms with Gasteiger partial charge in [0.2, 0.25) is 5.91 Å². The highest BCUT2D eigenvalue weighted by molar-refractivity contribution is 6.30. The third kappa shape index (κ3) is 5.44. The Hall–Kier alpha value is -3.31. The van der Waals surface area contributed by atoms with Crippen LogP contribution >= 0.6 is 11.6 Å². The summed E-state index contributed by atoms with van der Waals surface area (Å²) in [7, 11) is 0. The van der Waals surface area contributed by atoms with Crippen molar-refractivity contribution in [3.8, 4) is 11.5 Å². The first kappa shape index (κ1) is 20.9. The van der Waals surface area contributed by atoms with Crippen LogP contribution in [0.4, 0.5) is 5.69 Å². The Bertz CT molecular complexity index is 1050. The zero-order chi connectivity index (χ0) is 21.6. The summed E-state index contributed by atoms with van der Waals surface area (Å²) >= 11 is 5.90. The van der Waals surface area contributed by atoms with Crippen LogP contribution < -0.4 is 10.1 Å². The van der Waals surface area contributed by atoms with E-state index in [1.54, 1.807) is 29.2 Å². The fourth-order valence-electron chi connectivity index (χ4n) is 3.63. The number of likely N-dealkylation sites (tertiary alicyclic amines) is 1. The maximum Gasteiger partial charge on any atom is 0.253 e. The molecule has 0 bridgehead atoms. The van der Waals surface area contributed by atoms with E-state index in [4.69, 9.17) is 16.3 Å². The molecule has 0 aromatic heterocycles. The number of nitrogens with zero attached hydrogens (tertiary/aromatic N) is 1. The average Bonchev–Trinajstić information content (AvgIpc) is 2.80. The largest absolute Gasteiger partial charge is 0.457 e. The summed E-state index contributed by atoms with van der Waals surface area (Å²) in [6.45, 7) is 1.10. The molecule has 1 heterocycles. The number of benzene rings is 3. The van der Waals surface area contributed by atoms with E-state index < -0.39 is 0 Å². The van der Waals surface area contributed by atoms with Crippen LogP contribution in [-0.2, 0) is 4.79 Å². The lowest BCUT2D eigenvalue weighted by molar-refractivity contribution is -0.121. The number of halogens is 1. The van der Waals surface area contributed by atoms with Gasteiger partial charge in [0, 0.05) is 41.3 Å². The van der Waals surface area contributed by atoms with Crippen LogP contribution in [0.3, 0.4) is 0 Å². The molecule has 6 heteroatoms. The van der Waals surface area contributed by atoms with Gasteiger partial charge in [-0.2, -0.15) is 0 Å². The van der Waals surface area contributed by atoms with Crippen LogP contribution in [0.5, 0.6) is 11.5 Å². The lowest BCUT2D eigenvalue weighted by atomic mass is 9.95. The third-order valence-electron chi connectivity index (χ3n) is 5.32. The van der Waals surface area contributed by atoms with Crippen LogP contribution in [0.25, 0.3) is 0 Å². The number of amides is 2.